The number of anilines is 1. The van der Waals surface area contributed by atoms with Crippen LogP contribution in [0.4, 0.5) is 10.1 Å². The fraction of sp³-hybridized carbons (Fsp3) is 0.0800. The van der Waals surface area contributed by atoms with Gasteiger partial charge in [0.2, 0.25) is 5.91 Å². The van der Waals surface area contributed by atoms with E-state index in [1.165, 1.54) is 18.2 Å². The highest BCUT2D eigenvalue weighted by Gasteiger charge is 2.23. The molecule has 0 bridgehead atoms. The Bertz CT molecular complexity index is 1640. The summed E-state index contributed by atoms with van der Waals surface area (Å²) in [7, 11) is 0. The van der Waals surface area contributed by atoms with E-state index in [0.29, 0.717) is 43.1 Å². The summed E-state index contributed by atoms with van der Waals surface area (Å²) < 4.78 is 17.3. The maximum Gasteiger partial charge on any atom is 0.234 e. The summed E-state index contributed by atoms with van der Waals surface area (Å²) in [6.45, 7) is 1.81. The maximum atomic E-state index is 13.9. The normalized spacial score (nSPS) is 11.1. The third-order valence-corrected chi connectivity index (χ3v) is 7.41. The molecule has 192 valence electrons. The lowest BCUT2D eigenvalue weighted by atomic mass is 10.2. The third-order valence-electron chi connectivity index (χ3n) is 5.45. The first-order valence-electron chi connectivity index (χ1n) is 11.1. The van der Waals surface area contributed by atoms with E-state index in [4.69, 9.17) is 34.8 Å². The molecule has 38 heavy (non-hydrogen) atoms. The molecule has 5 aromatic rings. The van der Waals surface area contributed by atoms with Crippen LogP contribution in [0.5, 0.6) is 0 Å². The summed E-state index contributed by atoms with van der Waals surface area (Å²) in [6, 6.07) is 18.5. The summed E-state index contributed by atoms with van der Waals surface area (Å²) in [5, 5.41) is 21.3. The van der Waals surface area contributed by atoms with E-state index in [2.05, 4.69) is 25.8 Å². The van der Waals surface area contributed by atoms with Crippen molar-refractivity contribution in [3.05, 3.63) is 93.3 Å². The first kappa shape index (κ1) is 26.2. The molecule has 3 aromatic carbocycles. The van der Waals surface area contributed by atoms with Gasteiger partial charge in [-0.05, 0) is 43.3 Å². The highest BCUT2D eigenvalue weighted by atomic mass is 35.5. The number of benzene rings is 3. The number of nitrogens with zero attached hydrogens (tertiary/aromatic N) is 6. The van der Waals surface area contributed by atoms with Gasteiger partial charge in [0.05, 0.1) is 37.9 Å². The molecular formula is C25H17Cl3FN7OS. The molecular weight excluding hydrogens is 572 g/mol. The van der Waals surface area contributed by atoms with Gasteiger partial charge in [-0.1, -0.05) is 82.1 Å². The second kappa shape index (κ2) is 11.1. The number of carbonyl (C=O) groups is 1. The van der Waals surface area contributed by atoms with Crippen molar-refractivity contribution in [2.24, 2.45) is 0 Å². The molecule has 1 N–H and O–H groups in total. The lowest BCUT2D eigenvalue weighted by molar-refractivity contribution is -0.113. The van der Waals surface area contributed by atoms with E-state index < -0.39 is 5.82 Å². The number of hydrogen-bond acceptors (Lipinski definition) is 6. The van der Waals surface area contributed by atoms with Gasteiger partial charge < -0.3 is 5.32 Å². The number of aromatic nitrogens is 6. The van der Waals surface area contributed by atoms with Crippen LogP contribution in [0.2, 0.25) is 15.1 Å². The molecule has 13 heteroatoms. The summed E-state index contributed by atoms with van der Waals surface area (Å²) >= 11 is 19.8. The largest absolute Gasteiger partial charge is 0.323 e. The Morgan fingerprint density at radius 2 is 1.66 bits per heavy atom. The topological polar surface area (TPSA) is 90.5 Å². The van der Waals surface area contributed by atoms with Gasteiger partial charge in [0.15, 0.2) is 16.7 Å². The molecule has 8 nitrogen and oxygen atoms in total. The summed E-state index contributed by atoms with van der Waals surface area (Å²) in [5.74, 6) is -0.515. The van der Waals surface area contributed by atoms with E-state index in [0.717, 1.165) is 17.4 Å². The molecule has 2 aromatic heterocycles. The average molecular weight is 589 g/mol. The smallest absolute Gasteiger partial charge is 0.234 e. The number of nitrogens with one attached hydrogen (secondary N) is 1. The molecule has 2 heterocycles. The van der Waals surface area contributed by atoms with Gasteiger partial charge in [0.25, 0.3) is 0 Å². The molecule has 0 saturated heterocycles. The van der Waals surface area contributed by atoms with Crippen molar-refractivity contribution in [3.8, 4) is 22.9 Å². The van der Waals surface area contributed by atoms with Crippen LogP contribution in [-0.2, 0) is 4.79 Å². The van der Waals surface area contributed by atoms with Crippen molar-refractivity contribution in [1.29, 1.82) is 0 Å². The van der Waals surface area contributed by atoms with Gasteiger partial charge in [0, 0.05) is 5.69 Å². The van der Waals surface area contributed by atoms with Crippen molar-refractivity contribution < 1.29 is 9.18 Å². The Hall–Kier alpha value is -3.44. The van der Waals surface area contributed by atoms with Crippen LogP contribution in [0, 0.1) is 12.7 Å². The van der Waals surface area contributed by atoms with E-state index in [1.54, 1.807) is 27.4 Å². The lowest BCUT2D eigenvalue weighted by Gasteiger charge is -2.10. The zero-order chi connectivity index (χ0) is 26.8. The van der Waals surface area contributed by atoms with Crippen LogP contribution in [0.15, 0.2) is 71.9 Å². The molecule has 0 radical (unpaired) electrons. The molecule has 0 unspecified atom stereocenters. The minimum absolute atomic E-state index is 0.0240. The van der Waals surface area contributed by atoms with Crippen molar-refractivity contribution >= 4 is 58.2 Å². The Labute approximate surface area is 235 Å². The van der Waals surface area contributed by atoms with Crippen LogP contribution in [0.25, 0.3) is 22.9 Å². The minimum atomic E-state index is -0.513. The van der Waals surface area contributed by atoms with Crippen molar-refractivity contribution in [2.45, 2.75) is 12.1 Å². The Kier molecular flexibility index (Phi) is 7.66. The van der Waals surface area contributed by atoms with Gasteiger partial charge in [-0.25, -0.2) is 9.07 Å². The van der Waals surface area contributed by atoms with Crippen LogP contribution in [-0.4, -0.2) is 41.4 Å². The van der Waals surface area contributed by atoms with Gasteiger partial charge in [-0.3, -0.25) is 9.36 Å². The van der Waals surface area contributed by atoms with Crippen molar-refractivity contribution in [1.82, 2.24) is 29.8 Å². The second-order valence-corrected chi connectivity index (χ2v) is 10.1. The van der Waals surface area contributed by atoms with Crippen LogP contribution < -0.4 is 5.32 Å². The van der Waals surface area contributed by atoms with Crippen LogP contribution in [0.1, 0.15) is 5.69 Å². The Morgan fingerprint density at radius 3 is 2.42 bits per heavy atom. The van der Waals surface area contributed by atoms with E-state index in [1.807, 2.05) is 37.3 Å². The monoisotopic (exact) mass is 587 g/mol. The predicted octanol–water partition coefficient (Wildman–Crippen LogP) is 6.65. The maximum absolute atomic E-state index is 13.9. The van der Waals surface area contributed by atoms with Gasteiger partial charge in [-0.15, -0.1) is 15.3 Å². The Morgan fingerprint density at radius 1 is 0.947 bits per heavy atom. The zero-order valence-electron chi connectivity index (χ0n) is 19.6. The first-order chi connectivity index (χ1) is 18.3. The molecule has 0 atom stereocenters. The summed E-state index contributed by atoms with van der Waals surface area (Å²) in [6.07, 6.45) is 0. The number of halogens is 4. The van der Waals surface area contributed by atoms with Crippen molar-refractivity contribution in [2.75, 3.05) is 11.1 Å². The predicted molar refractivity (Wildman–Crippen MR) is 147 cm³/mol. The SMILES string of the molecule is Cc1c(-c2nnc(SCC(=O)Nc3ccccc3F)n2-c2ccccc2)nnn1-c1cc(Cl)c(Cl)cc1Cl. The number of hydrogen-bond donors (Lipinski definition) is 1. The fourth-order valence-electron chi connectivity index (χ4n) is 3.64. The standard InChI is InChI=1S/C25H17Cl3FN7OS/c1-14-23(31-34-36(14)21-12-17(27)16(26)11-18(21)28)24-32-33-25(35(24)15-7-3-2-4-8-15)38-13-22(37)30-20-10-6-5-9-19(20)29/h2-12H,13H2,1H3,(H,30,37). The number of carbonyl (C=O) groups excluding carboxylic acids is 1. The molecule has 0 saturated carbocycles. The quantitative estimate of drug-likeness (QED) is 0.169. The van der Waals surface area contributed by atoms with Gasteiger partial charge >= 0.3 is 0 Å². The molecule has 5 rings (SSSR count). The molecule has 0 aliphatic rings. The summed E-state index contributed by atoms with van der Waals surface area (Å²) in [5.41, 5.74) is 2.44. The van der Waals surface area contributed by atoms with Crippen molar-refractivity contribution in [3.63, 3.8) is 0 Å². The van der Waals surface area contributed by atoms with Crippen LogP contribution in [0.3, 0.4) is 0 Å². The Balaban J connectivity index is 1.49. The van der Waals surface area contributed by atoms with Gasteiger partial charge in [0.1, 0.15) is 5.82 Å². The number of para-hydroxylation sites is 2. The third kappa shape index (κ3) is 5.25. The van der Waals surface area contributed by atoms with E-state index in [9.17, 15) is 9.18 Å². The van der Waals surface area contributed by atoms with E-state index >= 15 is 0 Å². The number of thioether (sulfide) groups is 1. The van der Waals surface area contributed by atoms with Crippen LogP contribution >= 0.6 is 46.6 Å². The zero-order valence-corrected chi connectivity index (χ0v) is 22.7. The first-order valence-corrected chi connectivity index (χ1v) is 13.2. The molecule has 0 fully saturated rings. The lowest BCUT2D eigenvalue weighted by Crippen LogP contribution is -2.15. The highest BCUT2D eigenvalue weighted by Crippen LogP contribution is 2.34. The molecule has 1 amide bonds. The molecule has 0 aliphatic carbocycles. The number of amides is 1. The fourth-order valence-corrected chi connectivity index (χ4v) is 5.02. The highest BCUT2D eigenvalue weighted by molar-refractivity contribution is 7.99. The molecule has 0 spiro atoms. The van der Waals surface area contributed by atoms with Gasteiger partial charge in [-0.2, -0.15) is 0 Å². The van der Waals surface area contributed by atoms with E-state index in [-0.39, 0.29) is 17.3 Å². The summed E-state index contributed by atoms with van der Waals surface area (Å²) in [4.78, 5) is 12.5. The second-order valence-electron chi connectivity index (χ2n) is 7.95. The average Bonchev–Trinajstić information content (AvgIpc) is 3.50. The minimum Gasteiger partial charge on any atom is -0.323 e. The molecule has 0 aliphatic heterocycles. The number of rotatable bonds is 7.